The number of aromatic nitrogens is 1. The average molecular weight is 276 g/mol. The standard InChI is InChI=1S/C15H24N4O/c1-13(2)19-10-8-18(9-11-19)7-6-17-15(20)14-4-3-5-16-12-14/h3-5,12-13H,6-11H2,1-2H3,(H,17,20). The molecule has 1 aliphatic rings. The number of hydrogen-bond acceptors (Lipinski definition) is 4. The number of carbonyl (C=O) groups excluding carboxylic acids is 1. The van der Waals surface area contributed by atoms with Crippen molar-refractivity contribution < 1.29 is 4.79 Å². The molecule has 2 heterocycles. The molecule has 1 aromatic heterocycles. The first-order valence-electron chi connectivity index (χ1n) is 7.31. The van der Waals surface area contributed by atoms with E-state index in [1.165, 1.54) is 0 Å². The van der Waals surface area contributed by atoms with Gasteiger partial charge in [-0.15, -0.1) is 0 Å². The van der Waals surface area contributed by atoms with Crippen molar-refractivity contribution in [1.82, 2.24) is 20.1 Å². The van der Waals surface area contributed by atoms with Gasteiger partial charge in [-0.25, -0.2) is 0 Å². The topological polar surface area (TPSA) is 48.5 Å². The molecule has 1 aromatic rings. The molecule has 1 N–H and O–H groups in total. The highest BCUT2D eigenvalue weighted by Gasteiger charge is 2.18. The molecule has 20 heavy (non-hydrogen) atoms. The van der Waals surface area contributed by atoms with Gasteiger partial charge in [-0.05, 0) is 26.0 Å². The molecule has 0 unspecified atom stereocenters. The predicted molar refractivity (Wildman–Crippen MR) is 79.7 cm³/mol. The van der Waals surface area contributed by atoms with E-state index in [-0.39, 0.29) is 5.91 Å². The minimum absolute atomic E-state index is 0.0427. The average Bonchev–Trinajstić information content (AvgIpc) is 2.48. The van der Waals surface area contributed by atoms with Gasteiger partial charge in [0.15, 0.2) is 0 Å². The van der Waals surface area contributed by atoms with Crippen molar-refractivity contribution in [3.63, 3.8) is 0 Å². The minimum atomic E-state index is -0.0427. The molecule has 5 nitrogen and oxygen atoms in total. The Morgan fingerprint density at radius 1 is 1.35 bits per heavy atom. The van der Waals surface area contributed by atoms with Gasteiger partial charge in [-0.3, -0.25) is 19.6 Å². The minimum Gasteiger partial charge on any atom is -0.351 e. The van der Waals surface area contributed by atoms with Gasteiger partial charge in [-0.1, -0.05) is 0 Å². The summed E-state index contributed by atoms with van der Waals surface area (Å²) in [4.78, 5) is 20.7. The first-order chi connectivity index (χ1) is 9.66. The smallest absolute Gasteiger partial charge is 0.252 e. The van der Waals surface area contributed by atoms with E-state index in [2.05, 4.69) is 33.9 Å². The lowest BCUT2D eigenvalue weighted by molar-refractivity contribution is 0.0920. The highest BCUT2D eigenvalue weighted by Crippen LogP contribution is 2.05. The SMILES string of the molecule is CC(C)N1CCN(CCNC(=O)c2cccnc2)CC1. The zero-order chi connectivity index (χ0) is 14.4. The Bertz CT molecular complexity index is 413. The van der Waals surface area contributed by atoms with Gasteiger partial charge in [0.2, 0.25) is 0 Å². The first kappa shape index (κ1) is 14.9. The molecule has 1 amide bonds. The molecule has 1 aliphatic heterocycles. The fourth-order valence-electron chi connectivity index (χ4n) is 2.43. The van der Waals surface area contributed by atoms with Crippen LogP contribution in [0.1, 0.15) is 24.2 Å². The molecule has 0 atom stereocenters. The van der Waals surface area contributed by atoms with Gasteiger partial charge in [0, 0.05) is 57.7 Å². The van der Waals surface area contributed by atoms with Crippen LogP contribution in [0.25, 0.3) is 0 Å². The molecule has 0 radical (unpaired) electrons. The van der Waals surface area contributed by atoms with Gasteiger partial charge < -0.3 is 5.32 Å². The Morgan fingerprint density at radius 2 is 2.10 bits per heavy atom. The van der Waals surface area contributed by atoms with E-state index >= 15 is 0 Å². The molecule has 2 rings (SSSR count). The molecule has 0 bridgehead atoms. The summed E-state index contributed by atoms with van der Waals surface area (Å²) in [5, 5.41) is 2.95. The number of nitrogens with zero attached hydrogens (tertiary/aromatic N) is 3. The van der Waals surface area contributed by atoms with Gasteiger partial charge in [0.05, 0.1) is 5.56 Å². The Hall–Kier alpha value is -1.46. The fourth-order valence-corrected chi connectivity index (χ4v) is 2.43. The molecule has 1 saturated heterocycles. The van der Waals surface area contributed by atoms with Crippen molar-refractivity contribution in [2.24, 2.45) is 0 Å². The lowest BCUT2D eigenvalue weighted by atomic mass is 10.2. The van der Waals surface area contributed by atoms with Crippen LogP contribution in [0.5, 0.6) is 0 Å². The maximum atomic E-state index is 11.8. The summed E-state index contributed by atoms with van der Waals surface area (Å²) in [7, 11) is 0. The van der Waals surface area contributed by atoms with E-state index in [0.717, 1.165) is 32.7 Å². The van der Waals surface area contributed by atoms with E-state index in [4.69, 9.17) is 0 Å². The molecule has 0 spiro atoms. The van der Waals surface area contributed by atoms with Gasteiger partial charge in [0.25, 0.3) is 5.91 Å². The van der Waals surface area contributed by atoms with Crippen LogP contribution in [0.2, 0.25) is 0 Å². The number of amides is 1. The Balaban J connectivity index is 1.66. The molecule has 0 saturated carbocycles. The Labute approximate surface area is 121 Å². The zero-order valence-electron chi connectivity index (χ0n) is 12.4. The van der Waals surface area contributed by atoms with Crippen molar-refractivity contribution in [2.75, 3.05) is 39.3 Å². The number of rotatable bonds is 5. The monoisotopic (exact) mass is 276 g/mol. The van der Waals surface area contributed by atoms with Crippen LogP contribution in [0.4, 0.5) is 0 Å². The van der Waals surface area contributed by atoms with Crippen LogP contribution >= 0.6 is 0 Å². The summed E-state index contributed by atoms with van der Waals surface area (Å²) in [5.74, 6) is -0.0427. The number of carbonyl (C=O) groups is 1. The van der Waals surface area contributed by atoms with Crippen molar-refractivity contribution >= 4 is 5.91 Å². The molecule has 0 aliphatic carbocycles. The summed E-state index contributed by atoms with van der Waals surface area (Å²) >= 11 is 0. The van der Waals surface area contributed by atoms with E-state index in [1.807, 2.05) is 0 Å². The van der Waals surface area contributed by atoms with Crippen LogP contribution in [0, 0.1) is 0 Å². The maximum absolute atomic E-state index is 11.8. The number of pyridine rings is 1. The van der Waals surface area contributed by atoms with Crippen molar-refractivity contribution in [3.05, 3.63) is 30.1 Å². The van der Waals surface area contributed by atoms with Gasteiger partial charge in [-0.2, -0.15) is 0 Å². The summed E-state index contributed by atoms with van der Waals surface area (Å²) < 4.78 is 0. The second-order valence-corrected chi connectivity index (χ2v) is 5.47. The van der Waals surface area contributed by atoms with Crippen LogP contribution in [0.3, 0.4) is 0 Å². The highest BCUT2D eigenvalue weighted by molar-refractivity contribution is 5.93. The lowest BCUT2D eigenvalue weighted by Gasteiger charge is -2.36. The Morgan fingerprint density at radius 3 is 2.70 bits per heavy atom. The predicted octanol–water partition coefficient (Wildman–Crippen LogP) is 0.837. The second-order valence-electron chi connectivity index (χ2n) is 5.47. The van der Waals surface area contributed by atoms with E-state index < -0.39 is 0 Å². The number of piperazine rings is 1. The van der Waals surface area contributed by atoms with Crippen molar-refractivity contribution in [2.45, 2.75) is 19.9 Å². The molecular formula is C15H24N4O. The second kappa shape index (κ2) is 7.36. The summed E-state index contributed by atoms with van der Waals surface area (Å²) in [6.45, 7) is 10.5. The first-order valence-corrected chi connectivity index (χ1v) is 7.31. The summed E-state index contributed by atoms with van der Waals surface area (Å²) in [6, 6.07) is 4.19. The largest absolute Gasteiger partial charge is 0.351 e. The third-order valence-corrected chi connectivity index (χ3v) is 3.77. The molecule has 0 aromatic carbocycles. The molecule has 110 valence electrons. The molecule has 5 heteroatoms. The normalized spacial score (nSPS) is 17.4. The summed E-state index contributed by atoms with van der Waals surface area (Å²) in [6.07, 6.45) is 3.27. The van der Waals surface area contributed by atoms with Crippen molar-refractivity contribution in [1.29, 1.82) is 0 Å². The number of nitrogens with one attached hydrogen (secondary N) is 1. The third-order valence-electron chi connectivity index (χ3n) is 3.77. The van der Waals surface area contributed by atoms with E-state index in [9.17, 15) is 4.79 Å². The van der Waals surface area contributed by atoms with Gasteiger partial charge >= 0.3 is 0 Å². The zero-order valence-corrected chi connectivity index (χ0v) is 12.4. The fraction of sp³-hybridized carbons (Fsp3) is 0.600. The number of hydrogen-bond donors (Lipinski definition) is 1. The summed E-state index contributed by atoms with van der Waals surface area (Å²) in [5.41, 5.74) is 0.622. The van der Waals surface area contributed by atoms with Crippen LogP contribution in [0.15, 0.2) is 24.5 Å². The molecule has 1 fully saturated rings. The maximum Gasteiger partial charge on any atom is 0.252 e. The van der Waals surface area contributed by atoms with Crippen LogP contribution < -0.4 is 5.32 Å². The van der Waals surface area contributed by atoms with E-state index in [1.54, 1.807) is 24.5 Å². The lowest BCUT2D eigenvalue weighted by Crippen LogP contribution is -2.50. The van der Waals surface area contributed by atoms with Crippen molar-refractivity contribution in [3.8, 4) is 0 Å². The van der Waals surface area contributed by atoms with Gasteiger partial charge in [0.1, 0.15) is 0 Å². The third kappa shape index (κ3) is 4.28. The van der Waals surface area contributed by atoms with E-state index in [0.29, 0.717) is 18.2 Å². The van der Waals surface area contributed by atoms with Crippen LogP contribution in [-0.2, 0) is 0 Å². The quantitative estimate of drug-likeness (QED) is 0.866. The van der Waals surface area contributed by atoms with Crippen LogP contribution in [-0.4, -0.2) is 66.0 Å². The molecular weight excluding hydrogens is 252 g/mol. The highest BCUT2D eigenvalue weighted by atomic mass is 16.1. The Kier molecular flexibility index (Phi) is 5.49.